The fourth-order valence-corrected chi connectivity index (χ4v) is 6.62. The molecule has 0 radical (unpaired) electrons. The number of halogens is 1. The molecule has 11 heteroatoms. The molecule has 4 rings (SSSR count). The number of thioether (sulfide) groups is 1. The molecule has 1 atom stereocenters. The van der Waals surface area contributed by atoms with Crippen molar-refractivity contribution < 1.29 is 19.1 Å². The van der Waals surface area contributed by atoms with Crippen LogP contribution in [0.25, 0.3) is 0 Å². The number of amides is 1. The molecule has 1 N–H and O–H groups in total. The number of nitrogens with one attached hydrogen (secondary N) is 1. The number of esters is 1. The van der Waals surface area contributed by atoms with E-state index in [1.165, 1.54) is 30.2 Å². The van der Waals surface area contributed by atoms with Crippen molar-refractivity contribution in [3.63, 3.8) is 0 Å². The van der Waals surface area contributed by atoms with Crippen LogP contribution >= 0.6 is 34.7 Å². The number of carbonyl (C=O) groups is 2. The van der Waals surface area contributed by atoms with Crippen molar-refractivity contribution in [3.05, 3.63) is 63.3 Å². The van der Waals surface area contributed by atoms with Crippen molar-refractivity contribution in [2.45, 2.75) is 51.4 Å². The lowest BCUT2D eigenvalue weighted by Crippen LogP contribution is -2.17. The average molecular weight is 561 g/mol. The molecule has 0 bridgehead atoms. The lowest BCUT2D eigenvalue weighted by molar-refractivity contribution is -0.113. The highest BCUT2D eigenvalue weighted by Crippen LogP contribution is 2.40. The summed E-state index contributed by atoms with van der Waals surface area (Å²) in [6.45, 7) is 8.62. The summed E-state index contributed by atoms with van der Waals surface area (Å²) >= 11 is 8.76. The van der Waals surface area contributed by atoms with Crippen molar-refractivity contribution in [2.75, 3.05) is 18.2 Å². The number of aromatic nitrogens is 3. The quantitative estimate of drug-likeness (QED) is 0.193. The molecule has 1 aliphatic carbocycles. The van der Waals surface area contributed by atoms with Crippen LogP contribution in [-0.4, -0.2) is 39.5 Å². The summed E-state index contributed by atoms with van der Waals surface area (Å²) in [7, 11) is 1.36. The fraction of sp³-hybridized carbons (Fsp3) is 0.385. The number of methoxy groups -OCH3 is 1. The number of allylic oxidation sites excluding steroid dienone is 1. The van der Waals surface area contributed by atoms with Crippen molar-refractivity contribution >= 4 is 51.6 Å². The third-order valence-corrected chi connectivity index (χ3v) is 8.46. The van der Waals surface area contributed by atoms with Crippen molar-refractivity contribution in [1.82, 2.24) is 14.8 Å². The van der Waals surface area contributed by atoms with E-state index in [-0.39, 0.29) is 18.3 Å². The van der Waals surface area contributed by atoms with Gasteiger partial charge in [0, 0.05) is 16.4 Å². The van der Waals surface area contributed by atoms with Gasteiger partial charge in [-0.3, -0.25) is 9.36 Å². The largest absolute Gasteiger partial charge is 0.485 e. The Bertz CT molecular complexity index is 1320. The van der Waals surface area contributed by atoms with E-state index in [1.54, 1.807) is 12.1 Å². The van der Waals surface area contributed by atoms with Crippen LogP contribution in [0.5, 0.6) is 5.75 Å². The molecule has 2 aromatic heterocycles. The Kier molecular flexibility index (Phi) is 8.94. The summed E-state index contributed by atoms with van der Waals surface area (Å²) in [5.41, 5.74) is 2.41. The molecule has 0 saturated heterocycles. The smallest absolute Gasteiger partial charge is 0.341 e. The lowest BCUT2D eigenvalue weighted by atomic mass is 9.88. The van der Waals surface area contributed by atoms with E-state index >= 15 is 0 Å². The fourth-order valence-electron chi connectivity index (χ4n) is 4.21. The second-order valence-corrected chi connectivity index (χ2v) is 11.4. The predicted octanol–water partition coefficient (Wildman–Crippen LogP) is 5.71. The molecule has 1 aliphatic rings. The van der Waals surface area contributed by atoms with Crippen molar-refractivity contribution in [1.29, 1.82) is 0 Å². The zero-order valence-electron chi connectivity index (χ0n) is 21.0. The maximum absolute atomic E-state index is 12.9. The van der Waals surface area contributed by atoms with E-state index in [4.69, 9.17) is 21.1 Å². The summed E-state index contributed by atoms with van der Waals surface area (Å²) in [4.78, 5) is 26.5. The van der Waals surface area contributed by atoms with Gasteiger partial charge in [0.05, 0.1) is 18.4 Å². The molecular weight excluding hydrogens is 532 g/mol. The van der Waals surface area contributed by atoms with Gasteiger partial charge in [0.1, 0.15) is 17.4 Å². The normalized spacial score (nSPS) is 14.6. The minimum absolute atomic E-state index is 0.103. The third-order valence-electron chi connectivity index (χ3n) is 6.09. The van der Waals surface area contributed by atoms with Crippen LogP contribution < -0.4 is 10.1 Å². The first kappa shape index (κ1) is 27.2. The van der Waals surface area contributed by atoms with Crippen molar-refractivity contribution in [2.24, 2.45) is 5.92 Å². The zero-order chi connectivity index (χ0) is 26.5. The van der Waals surface area contributed by atoms with Crippen LogP contribution in [0.2, 0.25) is 5.02 Å². The first-order valence-corrected chi connectivity index (χ1v) is 14.1. The molecule has 1 aromatic carbocycles. The van der Waals surface area contributed by atoms with Gasteiger partial charge in [-0.15, -0.1) is 28.1 Å². The Labute approximate surface area is 229 Å². The number of aryl methyl sites for hydroxylation is 1. The Hall–Kier alpha value is -2.82. The van der Waals surface area contributed by atoms with Gasteiger partial charge in [-0.25, -0.2) is 4.79 Å². The van der Waals surface area contributed by atoms with Gasteiger partial charge in [0.15, 0.2) is 11.0 Å². The van der Waals surface area contributed by atoms with Gasteiger partial charge in [0.25, 0.3) is 0 Å². The molecular formula is C26H29ClN4O4S2. The van der Waals surface area contributed by atoms with Gasteiger partial charge in [-0.2, -0.15) is 0 Å². The number of hydrogen-bond donors (Lipinski definition) is 1. The van der Waals surface area contributed by atoms with E-state index < -0.39 is 5.97 Å². The molecule has 196 valence electrons. The monoisotopic (exact) mass is 560 g/mol. The van der Waals surface area contributed by atoms with Crippen LogP contribution in [-0.2, 0) is 35.5 Å². The minimum atomic E-state index is -0.415. The van der Waals surface area contributed by atoms with E-state index in [2.05, 4.69) is 29.0 Å². The summed E-state index contributed by atoms with van der Waals surface area (Å²) in [6, 6.07) is 5.42. The second-order valence-electron chi connectivity index (χ2n) is 8.88. The molecule has 37 heavy (non-hydrogen) atoms. The second kappa shape index (κ2) is 12.1. The highest BCUT2D eigenvalue weighted by molar-refractivity contribution is 7.99. The number of carbonyl (C=O) groups excluding carboxylic acids is 2. The molecule has 0 aliphatic heterocycles. The number of rotatable bonds is 10. The van der Waals surface area contributed by atoms with Gasteiger partial charge in [-0.05, 0) is 61.4 Å². The Balaban J connectivity index is 1.43. The van der Waals surface area contributed by atoms with E-state index in [1.807, 2.05) is 23.6 Å². The van der Waals surface area contributed by atoms with E-state index in [0.29, 0.717) is 44.8 Å². The molecule has 0 fully saturated rings. The number of fused-ring (bicyclic) bond motifs is 1. The zero-order valence-corrected chi connectivity index (χ0v) is 23.4. The first-order valence-electron chi connectivity index (χ1n) is 11.9. The first-order chi connectivity index (χ1) is 17.8. The number of anilines is 1. The van der Waals surface area contributed by atoms with Crippen LogP contribution in [0.15, 0.2) is 36.0 Å². The molecule has 0 spiro atoms. The lowest BCUT2D eigenvalue weighted by Gasteiger charge is -2.18. The summed E-state index contributed by atoms with van der Waals surface area (Å²) in [5.74, 6) is 1.33. The average Bonchev–Trinajstić information content (AvgIpc) is 3.41. The maximum Gasteiger partial charge on any atom is 0.341 e. The third kappa shape index (κ3) is 6.37. The Morgan fingerprint density at radius 3 is 2.92 bits per heavy atom. The van der Waals surface area contributed by atoms with Crippen LogP contribution in [0.1, 0.15) is 45.5 Å². The Morgan fingerprint density at radius 1 is 1.38 bits per heavy atom. The SMILES string of the molecule is C=CCn1c(COc2ccc(Cl)cc2C)nnc1SCC(=O)Nc1sc2c(c1C(=O)OC)CCC(C)C2. The van der Waals surface area contributed by atoms with E-state index in [9.17, 15) is 9.59 Å². The summed E-state index contributed by atoms with van der Waals surface area (Å²) in [5, 5.41) is 13.2. The molecule has 8 nitrogen and oxygen atoms in total. The predicted molar refractivity (Wildman–Crippen MR) is 147 cm³/mol. The van der Waals surface area contributed by atoms with Gasteiger partial charge < -0.3 is 14.8 Å². The summed E-state index contributed by atoms with van der Waals surface area (Å²) < 4.78 is 12.8. The topological polar surface area (TPSA) is 95.3 Å². The van der Waals surface area contributed by atoms with Gasteiger partial charge in [-0.1, -0.05) is 36.4 Å². The number of hydrogen-bond acceptors (Lipinski definition) is 8. The maximum atomic E-state index is 12.9. The van der Waals surface area contributed by atoms with Crippen molar-refractivity contribution in [3.8, 4) is 5.75 Å². The van der Waals surface area contributed by atoms with Gasteiger partial charge >= 0.3 is 5.97 Å². The number of ether oxygens (including phenoxy) is 2. The Morgan fingerprint density at radius 2 is 2.19 bits per heavy atom. The number of nitrogens with zero attached hydrogens (tertiary/aromatic N) is 3. The summed E-state index contributed by atoms with van der Waals surface area (Å²) in [6.07, 6.45) is 4.47. The molecule has 1 amide bonds. The van der Waals surface area contributed by atoms with Crippen LogP contribution in [0.4, 0.5) is 5.00 Å². The van der Waals surface area contributed by atoms with Crippen LogP contribution in [0, 0.1) is 12.8 Å². The highest BCUT2D eigenvalue weighted by atomic mass is 35.5. The molecule has 0 saturated carbocycles. The standard InChI is InChI=1S/C26H29ClN4O4S2/c1-5-10-31-21(13-35-19-9-7-17(27)12-16(19)3)29-30-26(31)36-14-22(32)28-24-23(25(33)34-4)18-8-6-15(2)11-20(18)37-24/h5,7,9,12,15H,1,6,8,10-11,13-14H2,2-4H3,(H,28,32). The highest BCUT2D eigenvalue weighted by Gasteiger charge is 2.29. The van der Waals surface area contributed by atoms with Gasteiger partial charge in [0.2, 0.25) is 5.91 Å². The van der Waals surface area contributed by atoms with Crippen LogP contribution in [0.3, 0.4) is 0 Å². The molecule has 3 aromatic rings. The van der Waals surface area contributed by atoms with E-state index in [0.717, 1.165) is 35.3 Å². The number of thiophene rings is 1. The number of benzene rings is 1. The molecule has 1 unspecified atom stereocenters. The molecule has 2 heterocycles. The minimum Gasteiger partial charge on any atom is -0.485 e.